The molecule has 20 heavy (non-hydrogen) atoms. The fourth-order valence-corrected chi connectivity index (χ4v) is 3.86. The molecule has 0 saturated heterocycles. The highest BCUT2D eigenvalue weighted by Gasteiger charge is 2.33. The normalized spacial score (nSPS) is 25.2. The molecule has 0 amide bonds. The van der Waals surface area contributed by atoms with Crippen LogP contribution in [-0.2, 0) is 0 Å². The summed E-state index contributed by atoms with van der Waals surface area (Å²) in [6.45, 7) is 6.73. The van der Waals surface area contributed by atoms with E-state index in [0.29, 0.717) is 16.1 Å². The van der Waals surface area contributed by atoms with E-state index in [1.54, 1.807) is 12.1 Å². The number of aromatic carboxylic acids is 1. The third kappa shape index (κ3) is 3.54. The monoisotopic (exact) mass is 340 g/mol. The summed E-state index contributed by atoms with van der Waals surface area (Å²) in [4.78, 5) is 11.4. The smallest absolute Gasteiger partial charge is 0.340 e. The van der Waals surface area contributed by atoms with E-state index in [1.807, 2.05) is 6.07 Å². The molecule has 1 fully saturated rings. The van der Waals surface area contributed by atoms with Crippen LogP contribution in [0.1, 0.15) is 50.4 Å². The molecule has 2 rings (SSSR count). The van der Waals surface area contributed by atoms with Gasteiger partial charge in [0.15, 0.2) is 0 Å². The average Bonchev–Trinajstić information content (AvgIpc) is 2.25. The van der Waals surface area contributed by atoms with E-state index in [0.717, 1.165) is 12.8 Å². The third-order valence-corrected chi connectivity index (χ3v) is 4.49. The first-order valence-corrected chi connectivity index (χ1v) is 7.76. The third-order valence-electron chi connectivity index (χ3n) is 3.83. The predicted molar refractivity (Wildman–Crippen MR) is 82.3 cm³/mol. The summed E-state index contributed by atoms with van der Waals surface area (Å²) in [7, 11) is 0. The Kier molecular flexibility index (Phi) is 4.43. The summed E-state index contributed by atoms with van der Waals surface area (Å²) in [5.41, 5.74) is 0.459. The second kappa shape index (κ2) is 5.76. The topological polar surface area (TPSA) is 46.5 Å². The highest BCUT2D eigenvalue weighted by molar-refractivity contribution is 9.10. The zero-order valence-corrected chi connectivity index (χ0v) is 13.7. The van der Waals surface area contributed by atoms with Crippen molar-refractivity contribution in [1.29, 1.82) is 0 Å². The lowest BCUT2D eigenvalue weighted by Gasteiger charge is -2.39. The summed E-state index contributed by atoms with van der Waals surface area (Å²) in [6.07, 6.45) is 3.22. The second-order valence-corrected chi connectivity index (χ2v) is 7.43. The number of rotatable bonds is 3. The maximum absolute atomic E-state index is 11.4. The van der Waals surface area contributed by atoms with E-state index in [9.17, 15) is 9.90 Å². The molecule has 1 aliphatic carbocycles. The van der Waals surface area contributed by atoms with E-state index in [2.05, 4.69) is 36.7 Å². The van der Waals surface area contributed by atoms with Crippen LogP contribution in [0, 0.1) is 11.3 Å². The Bertz CT molecular complexity index is 510. The Labute approximate surface area is 128 Å². The minimum Gasteiger partial charge on any atom is -0.489 e. The second-order valence-electron chi connectivity index (χ2n) is 6.57. The van der Waals surface area contributed by atoms with Crippen LogP contribution in [0.5, 0.6) is 5.75 Å². The van der Waals surface area contributed by atoms with Crippen molar-refractivity contribution in [2.24, 2.45) is 11.3 Å². The van der Waals surface area contributed by atoms with Gasteiger partial charge in [0.1, 0.15) is 11.3 Å². The first-order chi connectivity index (χ1) is 9.28. The molecule has 0 aliphatic heterocycles. The quantitative estimate of drug-likeness (QED) is 0.864. The Morgan fingerprint density at radius 1 is 1.40 bits per heavy atom. The molecule has 1 aliphatic rings. The van der Waals surface area contributed by atoms with Crippen molar-refractivity contribution in [3.8, 4) is 5.75 Å². The molecule has 0 heterocycles. The first-order valence-electron chi connectivity index (χ1n) is 6.97. The van der Waals surface area contributed by atoms with Gasteiger partial charge in [-0.1, -0.05) is 26.8 Å². The maximum atomic E-state index is 11.4. The molecule has 110 valence electrons. The van der Waals surface area contributed by atoms with Gasteiger partial charge in [-0.15, -0.1) is 0 Å². The van der Waals surface area contributed by atoms with Crippen LogP contribution in [-0.4, -0.2) is 17.2 Å². The fraction of sp³-hybridized carbons (Fsp3) is 0.562. The molecule has 0 radical (unpaired) electrons. The largest absolute Gasteiger partial charge is 0.489 e. The van der Waals surface area contributed by atoms with Gasteiger partial charge in [0.05, 0.1) is 6.10 Å². The molecule has 4 heteroatoms. The lowest BCUT2D eigenvalue weighted by molar-refractivity contribution is 0.0531. The molecule has 2 atom stereocenters. The van der Waals surface area contributed by atoms with Crippen molar-refractivity contribution in [1.82, 2.24) is 0 Å². The van der Waals surface area contributed by atoms with Gasteiger partial charge in [-0.3, -0.25) is 0 Å². The molecule has 1 N–H and O–H groups in total. The molecule has 3 nitrogen and oxygen atoms in total. The minimum absolute atomic E-state index is 0.0844. The van der Waals surface area contributed by atoms with Gasteiger partial charge in [0.2, 0.25) is 0 Å². The van der Waals surface area contributed by atoms with Crippen molar-refractivity contribution in [2.45, 2.75) is 46.1 Å². The van der Waals surface area contributed by atoms with E-state index < -0.39 is 5.97 Å². The van der Waals surface area contributed by atoms with Crippen LogP contribution < -0.4 is 4.74 Å². The number of hydrogen-bond acceptors (Lipinski definition) is 2. The standard InChI is InChI=1S/C16H21BrO3/c1-10-7-11(9-16(2,3)8-10)20-13-6-4-5-12(17)14(13)15(18)19/h4-6,10-11H,7-9H2,1-3H3,(H,18,19). The Morgan fingerprint density at radius 3 is 2.70 bits per heavy atom. The molecule has 0 bridgehead atoms. The van der Waals surface area contributed by atoms with Crippen molar-refractivity contribution < 1.29 is 14.6 Å². The van der Waals surface area contributed by atoms with E-state index in [1.165, 1.54) is 6.42 Å². The Morgan fingerprint density at radius 2 is 2.10 bits per heavy atom. The highest BCUT2D eigenvalue weighted by Crippen LogP contribution is 2.40. The first kappa shape index (κ1) is 15.4. The zero-order chi connectivity index (χ0) is 14.9. The average molecular weight is 341 g/mol. The minimum atomic E-state index is -0.962. The number of carboxylic acids is 1. The summed E-state index contributed by atoms with van der Waals surface area (Å²) < 4.78 is 6.58. The summed E-state index contributed by atoms with van der Waals surface area (Å²) in [6, 6.07) is 5.27. The van der Waals surface area contributed by atoms with Gasteiger partial charge in [0.25, 0.3) is 0 Å². The van der Waals surface area contributed by atoms with Crippen LogP contribution in [0.15, 0.2) is 22.7 Å². The summed E-state index contributed by atoms with van der Waals surface area (Å²) in [5.74, 6) is 0.0987. The molecular weight excluding hydrogens is 320 g/mol. The number of ether oxygens (including phenoxy) is 1. The number of benzene rings is 1. The molecule has 2 unspecified atom stereocenters. The van der Waals surface area contributed by atoms with Gasteiger partial charge in [-0.05, 0) is 58.7 Å². The highest BCUT2D eigenvalue weighted by atomic mass is 79.9. The van der Waals surface area contributed by atoms with Gasteiger partial charge in [-0.25, -0.2) is 4.79 Å². The Balaban J connectivity index is 2.22. The molecule has 0 spiro atoms. The maximum Gasteiger partial charge on any atom is 0.340 e. The van der Waals surface area contributed by atoms with Crippen molar-refractivity contribution in [3.63, 3.8) is 0 Å². The SMILES string of the molecule is CC1CC(Oc2cccc(Br)c2C(=O)O)CC(C)(C)C1. The van der Waals surface area contributed by atoms with E-state index in [4.69, 9.17) is 4.74 Å². The zero-order valence-electron chi connectivity index (χ0n) is 12.1. The van der Waals surface area contributed by atoms with E-state index >= 15 is 0 Å². The summed E-state index contributed by atoms with van der Waals surface area (Å²) in [5, 5.41) is 9.32. The van der Waals surface area contributed by atoms with Crippen molar-refractivity contribution in [3.05, 3.63) is 28.2 Å². The predicted octanol–water partition coefficient (Wildman–Crippen LogP) is 4.74. The number of halogens is 1. The molecule has 1 aromatic rings. The van der Waals surface area contributed by atoms with Crippen molar-refractivity contribution in [2.75, 3.05) is 0 Å². The van der Waals surface area contributed by atoms with Crippen LogP contribution in [0.2, 0.25) is 0 Å². The molecule has 1 aromatic carbocycles. The molecule has 0 aromatic heterocycles. The van der Waals surface area contributed by atoms with E-state index in [-0.39, 0.29) is 17.1 Å². The lowest BCUT2D eigenvalue weighted by atomic mass is 9.71. The van der Waals surface area contributed by atoms with Crippen LogP contribution in [0.3, 0.4) is 0 Å². The van der Waals surface area contributed by atoms with Crippen LogP contribution in [0.4, 0.5) is 0 Å². The number of hydrogen-bond donors (Lipinski definition) is 1. The molecular formula is C16H21BrO3. The molecule has 1 saturated carbocycles. The lowest BCUT2D eigenvalue weighted by Crippen LogP contribution is -2.34. The van der Waals surface area contributed by atoms with Gasteiger partial charge in [-0.2, -0.15) is 0 Å². The van der Waals surface area contributed by atoms with Crippen LogP contribution in [0.25, 0.3) is 0 Å². The Hall–Kier alpha value is -1.03. The van der Waals surface area contributed by atoms with Crippen molar-refractivity contribution >= 4 is 21.9 Å². The number of carbonyl (C=O) groups is 1. The number of carboxylic acid groups (broad SMARTS) is 1. The van der Waals surface area contributed by atoms with Gasteiger partial charge >= 0.3 is 5.97 Å². The van der Waals surface area contributed by atoms with Gasteiger partial charge < -0.3 is 9.84 Å². The van der Waals surface area contributed by atoms with Gasteiger partial charge in [0, 0.05) is 4.47 Å². The summed E-state index contributed by atoms with van der Waals surface area (Å²) >= 11 is 3.29. The fourth-order valence-electron chi connectivity index (χ4n) is 3.34. The van der Waals surface area contributed by atoms with Crippen LogP contribution >= 0.6 is 15.9 Å².